The number of hydrogen-bond donors (Lipinski definition) is 4. The highest BCUT2D eigenvalue weighted by Gasteiger charge is 2.01. The number of halogens is 2. The third-order valence-electron chi connectivity index (χ3n) is 2.46. The molecule has 0 aliphatic carbocycles. The highest BCUT2D eigenvalue weighted by atomic mass is 35.5. The maximum Gasteiger partial charge on any atom is 0.122 e. The van der Waals surface area contributed by atoms with Gasteiger partial charge in [-0.1, -0.05) is 24.3 Å². The van der Waals surface area contributed by atoms with Crippen LogP contribution in [0.1, 0.15) is 11.1 Å². The van der Waals surface area contributed by atoms with Crippen molar-refractivity contribution in [3.05, 3.63) is 47.5 Å². The van der Waals surface area contributed by atoms with E-state index in [1.54, 1.807) is 12.1 Å². The van der Waals surface area contributed by atoms with Crippen LogP contribution in [-0.4, -0.2) is 11.7 Å². The van der Waals surface area contributed by atoms with Gasteiger partial charge in [-0.25, -0.2) is 0 Å². The zero-order chi connectivity index (χ0) is 11.7. The topological polar surface area (TPSA) is 99.7 Å². The van der Waals surface area contributed by atoms with E-state index in [1.165, 1.54) is 0 Å². The Balaban J connectivity index is 0.00000144. The average molecular weight is 285 g/mol. The van der Waals surface area contributed by atoms with Crippen molar-refractivity contribution < 1.29 is 0 Å². The van der Waals surface area contributed by atoms with Crippen LogP contribution in [0.2, 0.25) is 0 Å². The van der Waals surface area contributed by atoms with Crippen LogP contribution in [-0.2, 0) is 0 Å². The van der Waals surface area contributed by atoms with Gasteiger partial charge in [0.05, 0.1) is 0 Å². The van der Waals surface area contributed by atoms with Crippen LogP contribution in [0.4, 0.5) is 0 Å². The molecule has 0 bridgehead atoms. The molecule has 18 heavy (non-hydrogen) atoms. The molecule has 6 heteroatoms. The van der Waals surface area contributed by atoms with Crippen LogP contribution < -0.4 is 11.5 Å². The number of nitrogens with two attached hydrogens (primary N) is 2. The predicted octanol–water partition coefficient (Wildman–Crippen LogP) is 2.25. The van der Waals surface area contributed by atoms with E-state index in [2.05, 4.69) is 0 Å². The van der Waals surface area contributed by atoms with E-state index in [0.717, 1.165) is 10.8 Å². The summed E-state index contributed by atoms with van der Waals surface area (Å²) in [6, 6.07) is 11.0. The second-order valence-corrected chi connectivity index (χ2v) is 3.60. The van der Waals surface area contributed by atoms with Crippen molar-refractivity contribution in [1.29, 1.82) is 10.8 Å². The molecule has 0 heterocycles. The molecule has 0 saturated heterocycles. The standard InChI is InChI=1S/C12H12N4.2ClH/c13-11(14)9-3-1-7-5-10(12(15)16)4-2-8(7)6-9;;/h1-6H,(H3,13,14)(H3,15,16);2*1H. The Morgan fingerprint density at radius 3 is 1.33 bits per heavy atom. The monoisotopic (exact) mass is 284 g/mol. The van der Waals surface area contributed by atoms with E-state index in [4.69, 9.17) is 22.3 Å². The number of fused-ring (bicyclic) bond motifs is 1. The van der Waals surface area contributed by atoms with E-state index in [0.29, 0.717) is 11.1 Å². The number of nitrogens with one attached hydrogen (secondary N) is 2. The third kappa shape index (κ3) is 3.12. The highest BCUT2D eigenvalue weighted by Crippen LogP contribution is 2.17. The molecule has 0 aromatic heterocycles. The first kappa shape index (κ1) is 16.2. The fourth-order valence-corrected chi connectivity index (χ4v) is 1.58. The SMILES string of the molecule is Cl.Cl.N=C(N)c1ccc2cc(C(=N)N)ccc2c1. The zero-order valence-electron chi connectivity index (χ0n) is 9.44. The molecular weight excluding hydrogens is 271 g/mol. The van der Waals surface area contributed by atoms with Crippen LogP contribution in [0.5, 0.6) is 0 Å². The average Bonchev–Trinajstić information content (AvgIpc) is 2.27. The van der Waals surface area contributed by atoms with Gasteiger partial charge >= 0.3 is 0 Å². The molecule has 0 spiro atoms. The first-order chi connectivity index (χ1) is 7.58. The van der Waals surface area contributed by atoms with Crippen LogP contribution in [0, 0.1) is 10.8 Å². The van der Waals surface area contributed by atoms with Gasteiger partial charge in [-0.2, -0.15) is 0 Å². The van der Waals surface area contributed by atoms with Gasteiger partial charge < -0.3 is 11.5 Å². The summed E-state index contributed by atoms with van der Waals surface area (Å²) in [5.74, 6) is 0.107. The summed E-state index contributed by atoms with van der Waals surface area (Å²) < 4.78 is 0. The van der Waals surface area contributed by atoms with E-state index < -0.39 is 0 Å². The summed E-state index contributed by atoms with van der Waals surface area (Å²) in [4.78, 5) is 0. The number of amidine groups is 2. The third-order valence-corrected chi connectivity index (χ3v) is 2.46. The van der Waals surface area contributed by atoms with Crippen molar-refractivity contribution in [3.8, 4) is 0 Å². The number of rotatable bonds is 2. The zero-order valence-corrected chi connectivity index (χ0v) is 11.1. The Labute approximate surface area is 117 Å². The lowest BCUT2D eigenvalue weighted by Crippen LogP contribution is -2.11. The molecule has 0 unspecified atom stereocenters. The maximum absolute atomic E-state index is 7.34. The van der Waals surface area contributed by atoms with Crippen molar-refractivity contribution in [1.82, 2.24) is 0 Å². The Bertz CT molecular complexity index is 542. The summed E-state index contributed by atoms with van der Waals surface area (Å²) in [7, 11) is 0. The lowest BCUT2D eigenvalue weighted by atomic mass is 10.0. The van der Waals surface area contributed by atoms with Crippen molar-refractivity contribution in [3.63, 3.8) is 0 Å². The fourth-order valence-electron chi connectivity index (χ4n) is 1.58. The van der Waals surface area contributed by atoms with E-state index in [-0.39, 0.29) is 36.5 Å². The van der Waals surface area contributed by atoms with Gasteiger partial charge in [0.2, 0.25) is 0 Å². The second-order valence-electron chi connectivity index (χ2n) is 3.60. The molecular formula is C12H14Cl2N4. The first-order valence-electron chi connectivity index (χ1n) is 4.80. The molecule has 0 atom stereocenters. The predicted molar refractivity (Wildman–Crippen MR) is 80.5 cm³/mol. The summed E-state index contributed by atoms with van der Waals surface area (Å²) >= 11 is 0. The number of nitrogen functional groups attached to an aromatic ring is 2. The number of hydrogen-bond acceptors (Lipinski definition) is 2. The van der Waals surface area contributed by atoms with E-state index >= 15 is 0 Å². The minimum absolute atomic E-state index is 0. The molecule has 2 rings (SSSR count). The van der Waals surface area contributed by atoms with Crippen molar-refractivity contribution >= 4 is 47.3 Å². The van der Waals surface area contributed by atoms with Gasteiger partial charge in [0.25, 0.3) is 0 Å². The van der Waals surface area contributed by atoms with Crippen LogP contribution in [0.25, 0.3) is 10.8 Å². The Morgan fingerprint density at radius 2 is 1.06 bits per heavy atom. The van der Waals surface area contributed by atoms with E-state index in [9.17, 15) is 0 Å². The van der Waals surface area contributed by atoms with Gasteiger partial charge in [0.15, 0.2) is 0 Å². The first-order valence-corrected chi connectivity index (χ1v) is 4.80. The van der Waals surface area contributed by atoms with Gasteiger partial charge in [0.1, 0.15) is 11.7 Å². The molecule has 0 aliphatic heterocycles. The summed E-state index contributed by atoms with van der Waals surface area (Å²) in [5.41, 5.74) is 12.2. The lowest BCUT2D eigenvalue weighted by Gasteiger charge is -2.04. The van der Waals surface area contributed by atoms with Crippen molar-refractivity contribution in [2.75, 3.05) is 0 Å². The quantitative estimate of drug-likeness (QED) is 0.502. The van der Waals surface area contributed by atoms with Crippen LogP contribution in [0.3, 0.4) is 0 Å². The smallest absolute Gasteiger partial charge is 0.122 e. The second kappa shape index (κ2) is 6.23. The summed E-state index contributed by atoms with van der Waals surface area (Å²) in [6.45, 7) is 0. The molecule has 2 aromatic rings. The molecule has 0 fully saturated rings. The minimum Gasteiger partial charge on any atom is -0.384 e. The van der Waals surface area contributed by atoms with Crippen LogP contribution in [0.15, 0.2) is 36.4 Å². The van der Waals surface area contributed by atoms with Crippen molar-refractivity contribution in [2.24, 2.45) is 11.5 Å². The molecule has 0 saturated carbocycles. The lowest BCUT2D eigenvalue weighted by molar-refractivity contribution is 1.42. The maximum atomic E-state index is 7.34. The van der Waals surface area contributed by atoms with Gasteiger partial charge in [0, 0.05) is 11.1 Å². The molecule has 96 valence electrons. The van der Waals surface area contributed by atoms with Crippen LogP contribution >= 0.6 is 24.8 Å². The Hall–Kier alpha value is -1.78. The van der Waals surface area contributed by atoms with Gasteiger partial charge in [-0.15, -0.1) is 24.8 Å². The fraction of sp³-hybridized carbons (Fsp3) is 0. The number of benzene rings is 2. The molecule has 6 N–H and O–H groups in total. The summed E-state index contributed by atoms with van der Waals surface area (Å²) in [6.07, 6.45) is 0. The molecule has 0 radical (unpaired) electrons. The Morgan fingerprint density at radius 1 is 0.722 bits per heavy atom. The largest absolute Gasteiger partial charge is 0.384 e. The van der Waals surface area contributed by atoms with Crippen molar-refractivity contribution in [2.45, 2.75) is 0 Å². The molecule has 0 amide bonds. The minimum atomic E-state index is 0. The van der Waals surface area contributed by atoms with Gasteiger partial charge in [-0.05, 0) is 22.9 Å². The molecule has 2 aromatic carbocycles. The summed E-state index contributed by atoms with van der Waals surface area (Å²) in [5, 5.41) is 16.7. The van der Waals surface area contributed by atoms with E-state index in [1.807, 2.05) is 24.3 Å². The highest BCUT2D eigenvalue weighted by molar-refractivity contribution is 6.02. The molecule has 4 nitrogen and oxygen atoms in total. The Kier molecular flexibility index (Phi) is 5.62. The van der Waals surface area contributed by atoms with Gasteiger partial charge in [-0.3, -0.25) is 10.8 Å². The normalized spacial score (nSPS) is 9.11. The molecule has 0 aliphatic rings.